The van der Waals surface area contributed by atoms with E-state index in [1.165, 1.54) is 20.5 Å². The van der Waals surface area contributed by atoms with Crippen LogP contribution in [0.2, 0.25) is 0 Å². The minimum absolute atomic E-state index is 0.0708. The molecule has 2 aliphatic rings. The van der Waals surface area contributed by atoms with Crippen molar-refractivity contribution in [2.24, 2.45) is 0 Å². The molecule has 0 spiro atoms. The summed E-state index contributed by atoms with van der Waals surface area (Å²) in [6, 6.07) is -0.583. The van der Waals surface area contributed by atoms with Gasteiger partial charge in [0.2, 0.25) is 0 Å². The number of carbonyl (C=O) groups is 3. The van der Waals surface area contributed by atoms with Crippen molar-refractivity contribution in [3.63, 3.8) is 0 Å². The molecule has 2 aliphatic heterocycles. The summed E-state index contributed by atoms with van der Waals surface area (Å²) in [7, 11) is 2.77. The number of amides is 4. The van der Waals surface area contributed by atoms with Crippen LogP contribution in [0.4, 0.5) is 4.79 Å². The minimum atomic E-state index is -0.583. The first-order valence-corrected chi connectivity index (χ1v) is 6.08. The molecule has 0 unspecified atom stereocenters. The zero-order chi connectivity index (χ0) is 13.3. The van der Waals surface area contributed by atoms with Gasteiger partial charge in [-0.1, -0.05) is 0 Å². The van der Waals surface area contributed by atoms with Crippen LogP contribution in [0.5, 0.6) is 0 Å². The Bertz CT molecular complexity index is 398. The monoisotopic (exact) mass is 251 g/mol. The van der Waals surface area contributed by atoms with E-state index in [9.17, 15) is 14.4 Å². The highest BCUT2D eigenvalue weighted by Crippen LogP contribution is 2.17. The summed E-state index contributed by atoms with van der Waals surface area (Å²) in [6.07, 6.45) is 4.91. The van der Waals surface area contributed by atoms with Crippen molar-refractivity contribution in [3.8, 4) is 0 Å². The van der Waals surface area contributed by atoms with Gasteiger partial charge in [-0.05, 0) is 19.3 Å². The van der Waals surface area contributed by atoms with Gasteiger partial charge >= 0.3 is 6.03 Å². The number of carbonyl (C=O) groups excluding carboxylic acids is 3. The number of urea groups is 1. The lowest BCUT2D eigenvalue weighted by atomic mass is 10.1. The van der Waals surface area contributed by atoms with Crippen molar-refractivity contribution in [1.29, 1.82) is 0 Å². The summed E-state index contributed by atoms with van der Waals surface area (Å²) in [5, 5.41) is 0. The Labute approximate surface area is 106 Å². The predicted octanol–water partition coefficient (Wildman–Crippen LogP) is 0.407. The van der Waals surface area contributed by atoms with Gasteiger partial charge in [-0.15, -0.1) is 0 Å². The number of piperidine rings is 1. The van der Waals surface area contributed by atoms with Gasteiger partial charge in [0.25, 0.3) is 11.8 Å². The van der Waals surface area contributed by atoms with Gasteiger partial charge in [-0.25, -0.2) is 4.79 Å². The van der Waals surface area contributed by atoms with Crippen LogP contribution in [0.25, 0.3) is 0 Å². The van der Waals surface area contributed by atoms with Crippen LogP contribution < -0.4 is 0 Å². The fourth-order valence-corrected chi connectivity index (χ4v) is 2.19. The summed E-state index contributed by atoms with van der Waals surface area (Å²) < 4.78 is 0. The highest BCUT2D eigenvalue weighted by Gasteiger charge is 2.38. The second-order valence-corrected chi connectivity index (χ2v) is 4.65. The maximum atomic E-state index is 11.9. The van der Waals surface area contributed by atoms with Gasteiger partial charge in [-0.2, -0.15) is 0 Å². The highest BCUT2D eigenvalue weighted by molar-refractivity contribution is 6.28. The molecule has 0 aromatic rings. The molecule has 2 rings (SSSR count). The quantitative estimate of drug-likeness (QED) is 0.500. The molecule has 0 radical (unpaired) electrons. The lowest BCUT2D eigenvalue weighted by Crippen LogP contribution is -2.53. The van der Waals surface area contributed by atoms with Gasteiger partial charge in [0, 0.05) is 33.4 Å². The number of likely N-dealkylation sites (N-methyl/N-ethyl adjacent to an activating group) is 2. The van der Waals surface area contributed by atoms with Crippen LogP contribution in [0, 0.1) is 0 Å². The Hall–Kier alpha value is -1.85. The molecule has 0 aliphatic carbocycles. The van der Waals surface area contributed by atoms with Crippen molar-refractivity contribution < 1.29 is 14.4 Å². The normalized spacial score (nSPS) is 21.8. The van der Waals surface area contributed by atoms with E-state index in [0.29, 0.717) is 0 Å². The van der Waals surface area contributed by atoms with E-state index < -0.39 is 17.8 Å². The largest absolute Gasteiger partial charge is 0.377 e. The van der Waals surface area contributed by atoms with Gasteiger partial charge in [-0.3, -0.25) is 19.4 Å². The molecule has 18 heavy (non-hydrogen) atoms. The van der Waals surface area contributed by atoms with E-state index in [1.807, 2.05) is 4.90 Å². The number of hydrogen-bond acceptors (Lipinski definition) is 4. The molecule has 0 aromatic heterocycles. The molecular weight excluding hydrogens is 234 g/mol. The Kier molecular flexibility index (Phi) is 3.36. The third kappa shape index (κ3) is 2.10. The smallest absolute Gasteiger partial charge is 0.333 e. The van der Waals surface area contributed by atoms with E-state index >= 15 is 0 Å². The fraction of sp³-hybridized carbons (Fsp3) is 0.583. The zero-order valence-corrected chi connectivity index (χ0v) is 10.7. The highest BCUT2D eigenvalue weighted by atomic mass is 16.2. The third-order valence-corrected chi connectivity index (χ3v) is 3.35. The molecule has 0 N–H and O–H groups in total. The van der Waals surface area contributed by atoms with Crippen molar-refractivity contribution >= 4 is 17.8 Å². The standard InChI is InChI=1S/C12H17N3O3/c1-13-10(16)9(11(17)14(2)12(13)18)8-15-6-4-3-5-7-15/h8H,3-7H2,1-2H3. The van der Waals surface area contributed by atoms with Crippen molar-refractivity contribution in [1.82, 2.24) is 14.7 Å². The summed E-state index contributed by atoms with van der Waals surface area (Å²) >= 11 is 0. The second-order valence-electron chi connectivity index (χ2n) is 4.65. The van der Waals surface area contributed by atoms with E-state index in [1.54, 1.807) is 6.20 Å². The zero-order valence-electron chi connectivity index (χ0n) is 10.7. The molecule has 98 valence electrons. The molecule has 6 heteroatoms. The van der Waals surface area contributed by atoms with Crippen molar-refractivity contribution in [2.45, 2.75) is 19.3 Å². The fourth-order valence-electron chi connectivity index (χ4n) is 2.19. The van der Waals surface area contributed by atoms with E-state index in [0.717, 1.165) is 35.7 Å². The maximum Gasteiger partial charge on any atom is 0.333 e. The molecule has 0 bridgehead atoms. The van der Waals surface area contributed by atoms with Crippen LogP contribution in [0.1, 0.15) is 19.3 Å². The van der Waals surface area contributed by atoms with Crippen LogP contribution in [-0.4, -0.2) is 59.7 Å². The summed E-state index contributed by atoms with van der Waals surface area (Å²) in [6.45, 7) is 1.71. The second kappa shape index (κ2) is 4.80. The van der Waals surface area contributed by atoms with E-state index in [-0.39, 0.29) is 5.57 Å². The van der Waals surface area contributed by atoms with Crippen LogP contribution >= 0.6 is 0 Å². The molecule has 0 saturated carbocycles. The number of barbiturate groups is 1. The van der Waals surface area contributed by atoms with Gasteiger partial charge < -0.3 is 4.90 Å². The Morgan fingerprint density at radius 2 is 1.39 bits per heavy atom. The van der Waals surface area contributed by atoms with Gasteiger partial charge in [0.05, 0.1) is 0 Å². The lowest BCUT2D eigenvalue weighted by molar-refractivity contribution is -0.134. The van der Waals surface area contributed by atoms with E-state index in [4.69, 9.17) is 0 Å². The third-order valence-electron chi connectivity index (χ3n) is 3.35. The lowest BCUT2D eigenvalue weighted by Gasteiger charge is -2.31. The van der Waals surface area contributed by atoms with Crippen LogP contribution in [-0.2, 0) is 9.59 Å². The first kappa shape index (κ1) is 12.6. The number of rotatable bonds is 1. The number of nitrogens with zero attached hydrogens (tertiary/aromatic N) is 3. The number of likely N-dealkylation sites (tertiary alicyclic amines) is 1. The van der Waals surface area contributed by atoms with Gasteiger partial charge in [0.15, 0.2) is 0 Å². The minimum Gasteiger partial charge on any atom is -0.377 e. The van der Waals surface area contributed by atoms with Crippen LogP contribution in [0.15, 0.2) is 11.8 Å². The Balaban J connectivity index is 2.24. The van der Waals surface area contributed by atoms with Crippen molar-refractivity contribution in [3.05, 3.63) is 11.8 Å². The molecule has 2 saturated heterocycles. The van der Waals surface area contributed by atoms with E-state index in [2.05, 4.69) is 0 Å². The predicted molar refractivity (Wildman–Crippen MR) is 64.4 cm³/mol. The molecule has 0 aromatic carbocycles. The summed E-state index contributed by atoms with van der Waals surface area (Å²) in [4.78, 5) is 39.3. The first-order chi connectivity index (χ1) is 8.52. The SMILES string of the molecule is CN1C(=O)C(=CN2CCCCC2)C(=O)N(C)C1=O. The average Bonchev–Trinajstić information content (AvgIpc) is 2.40. The topological polar surface area (TPSA) is 60.9 Å². The summed E-state index contributed by atoms with van der Waals surface area (Å²) in [5.74, 6) is -1.04. The van der Waals surface area contributed by atoms with Gasteiger partial charge in [0.1, 0.15) is 5.57 Å². The molecule has 4 amide bonds. The Morgan fingerprint density at radius 1 is 0.889 bits per heavy atom. The molecule has 6 nitrogen and oxygen atoms in total. The van der Waals surface area contributed by atoms with Crippen molar-refractivity contribution in [2.75, 3.05) is 27.2 Å². The molecule has 2 heterocycles. The average molecular weight is 251 g/mol. The first-order valence-electron chi connectivity index (χ1n) is 6.08. The molecular formula is C12H17N3O3. The Morgan fingerprint density at radius 3 is 1.89 bits per heavy atom. The maximum absolute atomic E-state index is 11.9. The van der Waals surface area contributed by atoms with Crippen LogP contribution in [0.3, 0.4) is 0 Å². The molecule has 0 atom stereocenters. The number of hydrogen-bond donors (Lipinski definition) is 0. The molecule has 2 fully saturated rings. The number of imide groups is 2. The summed E-state index contributed by atoms with van der Waals surface area (Å²) in [5.41, 5.74) is 0.0708.